The number of halogens is 1. The number of rotatable bonds is 3. The molecule has 0 unspecified atom stereocenters. The van der Waals surface area contributed by atoms with Gasteiger partial charge < -0.3 is 4.57 Å². The van der Waals surface area contributed by atoms with Gasteiger partial charge in [0.1, 0.15) is 11.0 Å². The standard InChI is InChI=1S/C8H13ClN2/c1-3-4-5-11-7(2)10-6-8(11)9/h6H,3-5H2,1-2H3. The van der Waals surface area contributed by atoms with Gasteiger partial charge in [0.15, 0.2) is 0 Å². The molecule has 62 valence electrons. The van der Waals surface area contributed by atoms with Crippen LogP contribution in [-0.2, 0) is 6.54 Å². The molecular weight excluding hydrogens is 160 g/mol. The van der Waals surface area contributed by atoms with E-state index in [0.717, 1.165) is 23.9 Å². The molecule has 0 spiro atoms. The third kappa shape index (κ3) is 1.96. The van der Waals surface area contributed by atoms with Crippen LogP contribution in [-0.4, -0.2) is 9.55 Å². The Hall–Kier alpha value is -0.500. The van der Waals surface area contributed by atoms with Crippen molar-refractivity contribution in [1.82, 2.24) is 9.55 Å². The van der Waals surface area contributed by atoms with Gasteiger partial charge in [-0.2, -0.15) is 0 Å². The summed E-state index contributed by atoms with van der Waals surface area (Å²) in [6.07, 6.45) is 4.05. The van der Waals surface area contributed by atoms with Crippen LogP contribution in [0.15, 0.2) is 6.20 Å². The minimum atomic E-state index is 0.746. The predicted molar refractivity (Wildman–Crippen MR) is 46.9 cm³/mol. The number of hydrogen-bond acceptors (Lipinski definition) is 1. The molecule has 0 amide bonds. The predicted octanol–water partition coefficient (Wildman–Crippen LogP) is 2.65. The summed E-state index contributed by atoms with van der Waals surface area (Å²) < 4.78 is 2.03. The van der Waals surface area contributed by atoms with Gasteiger partial charge in [-0.1, -0.05) is 24.9 Å². The summed E-state index contributed by atoms with van der Waals surface area (Å²) in [5, 5.41) is 0.746. The molecule has 1 heterocycles. The van der Waals surface area contributed by atoms with E-state index in [4.69, 9.17) is 11.6 Å². The van der Waals surface area contributed by atoms with Crippen LogP contribution in [0.2, 0.25) is 5.15 Å². The number of nitrogens with zero attached hydrogens (tertiary/aromatic N) is 2. The first kappa shape index (κ1) is 8.60. The molecule has 0 aliphatic carbocycles. The molecule has 0 aromatic carbocycles. The fraction of sp³-hybridized carbons (Fsp3) is 0.625. The first-order valence-electron chi connectivity index (χ1n) is 3.93. The maximum absolute atomic E-state index is 5.88. The molecule has 11 heavy (non-hydrogen) atoms. The largest absolute Gasteiger partial charge is 0.319 e. The van der Waals surface area contributed by atoms with Gasteiger partial charge in [-0.3, -0.25) is 0 Å². The van der Waals surface area contributed by atoms with Gasteiger partial charge in [-0.05, 0) is 13.3 Å². The van der Waals surface area contributed by atoms with Crippen LogP contribution in [0.5, 0.6) is 0 Å². The monoisotopic (exact) mass is 172 g/mol. The Morgan fingerprint density at radius 1 is 1.64 bits per heavy atom. The van der Waals surface area contributed by atoms with Gasteiger partial charge in [-0.15, -0.1) is 0 Å². The summed E-state index contributed by atoms with van der Waals surface area (Å²) in [6, 6.07) is 0. The summed E-state index contributed by atoms with van der Waals surface area (Å²) in [6.45, 7) is 5.13. The van der Waals surface area contributed by atoms with Gasteiger partial charge in [0.2, 0.25) is 0 Å². The van der Waals surface area contributed by atoms with E-state index in [0.29, 0.717) is 0 Å². The Morgan fingerprint density at radius 2 is 2.36 bits per heavy atom. The van der Waals surface area contributed by atoms with Crippen molar-refractivity contribution >= 4 is 11.6 Å². The SMILES string of the molecule is CCCCn1c(Cl)cnc1C. The second kappa shape index (κ2) is 3.77. The molecule has 1 aromatic rings. The van der Waals surface area contributed by atoms with Crippen LogP contribution in [0.3, 0.4) is 0 Å². The third-order valence-electron chi connectivity index (χ3n) is 1.74. The smallest absolute Gasteiger partial charge is 0.128 e. The highest BCUT2D eigenvalue weighted by atomic mass is 35.5. The van der Waals surface area contributed by atoms with Crippen molar-refractivity contribution in [3.05, 3.63) is 17.2 Å². The molecular formula is C8H13ClN2. The zero-order valence-electron chi connectivity index (χ0n) is 6.97. The van der Waals surface area contributed by atoms with Crippen LogP contribution < -0.4 is 0 Å². The quantitative estimate of drug-likeness (QED) is 0.686. The average Bonchev–Trinajstić information content (AvgIpc) is 2.29. The maximum atomic E-state index is 5.88. The van der Waals surface area contributed by atoms with Crippen LogP contribution in [0, 0.1) is 6.92 Å². The minimum absolute atomic E-state index is 0.746. The number of aryl methyl sites for hydroxylation is 1. The maximum Gasteiger partial charge on any atom is 0.128 e. The topological polar surface area (TPSA) is 17.8 Å². The first-order valence-corrected chi connectivity index (χ1v) is 4.31. The Labute approximate surface area is 72.2 Å². The molecule has 0 aliphatic rings. The normalized spacial score (nSPS) is 10.5. The van der Waals surface area contributed by atoms with Crippen molar-refractivity contribution in [2.24, 2.45) is 0 Å². The van der Waals surface area contributed by atoms with Crippen LogP contribution in [0.1, 0.15) is 25.6 Å². The van der Waals surface area contributed by atoms with Crippen molar-refractivity contribution in [2.45, 2.75) is 33.2 Å². The van der Waals surface area contributed by atoms with E-state index in [9.17, 15) is 0 Å². The van der Waals surface area contributed by atoms with E-state index in [1.54, 1.807) is 6.20 Å². The van der Waals surface area contributed by atoms with Crippen LogP contribution >= 0.6 is 11.6 Å². The summed E-state index contributed by atoms with van der Waals surface area (Å²) in [5.74, 6) is 1.00. The lowest BCUT2D eigenvalue weighted by molar-refractivity contribution is 0.617. The van der Waals surface area contributed by atoms with Gasteiger partial charge in [0.25, 0.3) is 0 Å². The van der Waals surface area contributed by atoms with Crippen molar-refractivity contribution < 1.29 is 0 Å². The average molecular weight is 173 g/mol. The van der Waals surface area contributed by atoms with Crippen LogP contribution in [0.25, 0.3) is 0 Å². The summed E-state index contributed by atoms with van der Waals surface area (Å²) in [4.78, 5) is 4.10. The van der Waals surface area contributed by atoms with E-state index in [1.807, 2.05) is 11.5 Å². The van der Waals surface area contributed by atoms with Crippen molar-refractivity contribution in [3.63, 3.8) is 0 Å². The molecule has 2 nitrogen and oxygen atoms in total. The summed E-state index contributed by atoms with van der Waals surface area (Å²) >= 11 is 5.88. The number of unbranched alkanes of at least 4 members (excludes halogenated alkanes) is 1. The molecule has 0 saturated carbocycles. The number of imidazole rings is 1. The first-order chi connectivity index (χ1) is 5.25. The van der Waals surface area contributed by atoms with Crippen molar-refractivity contribution in [1.29, 1.82) is 0 Å². The zero-order chi connectivity index (χ0) is 8.27. The molecule has 0 aliphatic heterocycles. The van der Waals surface area contributed by atoms with E-state index in [2.05, 4.69) is 11.9 Å². The summed E-state index contributed by atoms with van der Waals surface area (Å²) in [5.41, 5.74) is 0. The van der Waals surface area contributed by atoms with Gasteiger partial charge in [-0.25, -0.2) is 4.98 Å². The van der Waals surface area contributed by atoms with Gasteiger partial charge >= 0.3 is 0 Å². The Kier molecular flexibility index (Phi) is 2.94. The Morgan fingerprint density at radius 3 is 2.82 bits per heavy atom. The molecule has 3 heteroatoms. The number of hydrogen-bond donors (Lipinski definition) is 0. The van der Waals surface area contributed by atoms with E-state index >= 15 is 0 Å². The molecule has 1 rings (SSSR count). The second-order valence-electron chi connectivity index (χ2n) is 2.63. The lowest BCUT2D eigenvalue weighted by atomic mass is 10.3. The number of aromatic nitrogens is 2. The Balaban J connectivity index is 2.67. The Bertz CT molecular complexity index is 210. The molecule has 0 saturated heterocycles. The fourth-order valence-electron chi connectivity index (χ4n) is 1.03. The van der Waals surface area contributed by atoms with Crippen LogP contribution in [0.4, 0.5) is 0 Å². The summed E-state index contributed by atoms with van der Waals surface area (Å²) in [7, 11) is 0. The van der Waals surface area contributed by atoms with Gasteiger partial charge in [0, 0.05) is 6.54 Å². The fourth-order valence-corrected chi connectivity index (χ4v) is 1.28. The highest BCUT2D eigenvalue weighted by Gasteiger charge is 2.01. The van der Waals surface area contributed by atoms with Crippen molar-refractivity contribution in [2.75, 3.05) is 0 Å². The minimum Gasteiger partial charge on any atom is -0.319 e. The highest BCUT2D eigenvalue weighted by molar-refractivity contribution is 6.29. The second-order valence-corrected chi connectivity index (χ2v) is 3.02. The molecule has 0 bridgehead atoms. The van der Waals surface area contributed by atoms with E-state index < -0.39 is 0 Å². The van der Waals surface area contributed by atoms with Crippen molar-refractivity contribution in [3.8, 4) is 0 Å². The van der Waals surface area contributed by atoms with Gasteiger partial charge in [0.05, 0.1) is 6.20 Å². The lowest BCUT2D eigenvalue weighted by Gasteiger charge is -2.03. The lowest BCUT2D eigenvalue weighted by Crippen LogP contribution is -1.99. The van der Waals surface area contributed by atoms with E-state index in [1.165, 1.54) is 6.42 Å². The molecule has 1 aromatic heterocycles. The molecule has 0 fully saturated rings. The highest BCUT2D eigenvalue weighted by Crippen LogP contribution is 2.11. The molecule has 0 N–H and O–H groups in total. The molecule has 0 radical (unpaired) electrons. The molecule has 0 atom stereocenters. The third-order valence-corrected chi connectivity index (χ3v) is 2.04. The zero-order valence-corrected chi connectivity index (χ0v) is 7.73. The van der Waals surface area contributed by atoms with E-state index in [-0.39, 0.29) is 0 Å².